The number of nitrogens with zero attached hydrogens (tertiary/aromatic N) is 1. The molecule has 0 aliphatic rings. The second-order valence-electron chi connectivity index (χ2n) is 4.83. The molecular formula is C17H17ClN2O2. The average Bonchev–Trinajstić information content (AvgIpc) is 2.50. The van der Waals surface area contributed by atoms with Gasteiger partial charge in [-0.15, -0.1) is 0 Å². The third kappa shape index (κ3) is 4.60. The lowest BCUT2D eigenvalue weighted by molar-refractivity contribution is -0.120. The Hall–Kier alpha value is -2.33. The fraction of sp³-hybridized carbons (Fsp3) is 0.176. The van der Waals surface area contributed by atoms with Crippen LogP contribution in [0, 0.1) is 6.92 Å². The van der Waals surface area contributed by atoms with Crippen molar-refractivity contribution in [2.75, 3.05) is 7.11 Å². The quantitative estimate of drug-likeness (QED) is 0.679. The van der Waals surface area contributed by atoms with E-state index in [1.54, 1.807) is 25.5 Å². The van der Waals surface area contributed by atoms with E-state index in [4.69, 9.17) is 16.3 Å². The van der Waals surface area contributed by atoms with Crippen LogP contribution >= 0.6 is 11.6 Å². The molecule has 0 fully saturated rings. The largest absolute Gasteiger partial charge is 0.496 e. The van der Waals surface area contributed by atoms with E-state index in [-0.39, 0.29) is 12.3 Å². The molecule has 0 spiro atoms. The van der Waals surface area contributed by atoms with Gasteiger partial charge in [0.2, 0.25) is 5.91 Å². The number of benzene rings is 2. The van der Waals surface area contributed by atoms with Crippen molar-refractivity contribution in [3.63, 3.8) is 0 Å². The Morgan fingerprint density at radius 3 is 2.64 bits per heavy atom. The number of hydrogen-bond acceptors (Lipinski definition) is 3. The van der Waals surface area contributed by atoms with Crippen LogP contribution in [0.3, 0.4) is 0 Å². The minimum atomic E-state index is -0.177. The number of hydrazone groups is 1. The van der Waals surface area contributed by atoms with Crippen LogP contribution in [0.4, 0.5) is 0 Å². The van der Waals surface area contributed by atoms with E-state index in [1.807, 2.05) is 37.3 Å². The third-order valence-electron chi connectivity index (χ3n) is 3.10. The third-order valence-corrected chi connectivity index (χ3v) is 3.35. The monoisotopic (exact) mass is 316 g/mol. The van der Waals surface area contributed by atoms with Crippen molar-refractivity contribution in [3.8, 4) is 5.75 Å². The van der Waals surface area contributed by atoms with Crippen LogP contribution in [-0.4, -0.2) is 19.2 Å². The van der Waals surface area contributed by atoms with Crippen molar-refractivity contribution in [1.29, 1.82) is 0 Å². The number of halogens is 1. The second kappa shape index (κ2) is 7.61. The van der Waals surface area contributed by atoms with Crippen LogP contribution in [0.15, 0.2) is 47.6 Å². The number of aryl methyl sites for hydroxylation is 1. The van der Waals surface area contributed by atoms with E-state index in [9.17, 15) is 4.79 Å². The first-order chi connectivity index (χ1) is 10.6. The maximum Gasteiger partial charge on any atom is 0.244 e. The molecule has 0 radical (unpaired) electrons. The molecule has 2 aromatic rings. The Kier molecular flexibility index (Phi) is 5.55. The van der Waals surface area contributed by atoms with E-state index in [0.29, 0.717) is 5.02 Å². The summed E-state index contributed by atoms with van der Waals surface area (Å²) in [5.74, 6) is 0.646. The molecule has 0 saturated carbocycles. The molecule has 1 N–H and O–H groups in total. The Morgan fingerprint density at radius 1 is 1.27 bits per heavy atom. The highest BCUT2D eigenvalue weighted by Gasteiger charge is 2.02. The van der Waals surface area contributed by atoms with Gasteiger partial charge in [-0.1, -0.05) is 23.7 Å². The van der Waals surface area contributed by atoms with Gasteiger partial charge in [-0.05, 0) is 53.9 Å². The van der Waals surface area contributed by atoms with Crippen molar-refractivity contribution in [2.45, 2.75) is 13.3 Å². The Morgan fingerprint density at radius 2 is 2.00 bits per heavy atom. The first kappa shape index (κ1) is 16.0. The zero-order chi connectivity index (χ0) is 15.9. The average molecular weight is 317 g/mol. The van der Waals surface area contributed by atoms with E-state index in [2.05, 4.69) is 10.5 Å². The summed E-state index contributed by atoms with van der Waals surface area (Å²) in [6.07, 6.45) is 1.86. The highest BCUT2D eigenvalue weighted by atomic mass is 35.5. The SMILES string of the molecule is COc1ccc(C=NNC(=O)Cc2ccc(Cl)cc2)cc1C. The van der Waals surface area contributed by atoms with E-state index in [1.165, 1.54) is 0 Å². The number of amides is 1. The van der Waals surface area contributed by atoms with Crippen LogP contribution in [0.1, 0.15) is 16.7 Å². The summed E-state index contributed by atoms with van der Waals surface area (Å²) in [5, 5.41) is 4.61. The first-order valence-electron chi connectivity index (χ1n) is 6.79. The Labute approximate surface area is 134 Å². The fourth-order valence-electron chi connectivity index (χ4n) is 1.99. The maximum absolute atomic E-state index is 11.8. The summed E-state index contributed by atoms with van der Waals surface area (Å²) in [6.45, 7) is 1.95. The zero-order valence-electron chi connectivity index (χ0n) is 12.5. The topological polar surface area (TPSA) is 50.7 Å². The van der Waals surface area contributed by atoms with Gasteiger partial charge >= 0.3 is 0 Å². The van der Waals surface area contributed by atoms with Gasteiger partial charge in [-0.3, -0.25) is 4.79 Å². The number of rotatable bonds is 5. The Bertz CT molecular complexity index is 682. The molecule has 2 aromatic carbocycles. The minimum absolute atomic E-state index is 0.177. The molecule has 2 rings (SSSR count). The van der Waals surface area contributed by atoms with Crippen LogP contribution < -0.4 is 10.2 Å². The first-order valence-corrected chi connectivity index (χ1v) is 7.17. The van der Waals surface area contributed by atoms with Crippen molar-refractivity contribution in [1.82, 2.24) is 5.43 Å². The summed E-state index contributed by atoms with van der Waals surface area (Å²) >= 11 is 5.80. The summed E-state index contributed by atoms with van der Waals surface area (Å²) in [6, 6.07) is 12.8. The molecule has 22 heavy (non-hydrogen) atoms. The van der Waals surface area contributed by atoms with Crippen LogP contribution in [0.25, 0.3) is 0 Å². The second-order valence-corrected chi connectivity index (χ2v) is 5.26. The number of carbonyl (C=O) groups is 1. The molecule has 0 atom stereocenters. The molecule has 114 valence electrons. The van der Waals surface area contributed by atoms with Gasteiger partial charge < -0.3 is 4.74 Å². The van der Waals surface area contributed by atoms with Crippen LogP contribution in [-0.2, 0) is 11.2 Å². The van der Waals surface area contributed by atoms with E-state index < -0.39 is 0 Å². The number of methoxy groups -OCH3 is 1. The van der Waals surface area contributed by atoms with Crippen molar-refractivity contribution in [3.05, 3.63) is 64.2 Å². The molecule has 0 aliphatic carbocycles. The summed E-state index contributed by atoms with van der Waals surface area (Å²) in [5.41, 5.74) is 5.30. The molecule has 0 bridgehead atoms. The fourth-order valence-corrected chi connectivity index (χ4v) is 2.11. The number of ether oxygens (including phenoxy) is 1. The van der Waals surface area contributed by atoms with E-state index in [0.717, 1.165) is 22.4 Å². The van der Waals surface area contributed by atoms with Gasteiger partial charge in [0.15, 0.2) is 0 Å². The number of carbonyl (C=O) groups excluding carboxylic acids is 1. The molecule has 0 aliphatic heterocycles. The molecule has 0 aromatic heterocycles. The highest BCUT2D eigenvalue weighted by Crippen LogP contribution is 2.17. The highest BCUT2D eigenvalue weighted by molar-refractivity contribution is 6.30. The summed E-state index contributed by atoms with van der Waals surface area (Å²) < 4.78 is 5.19. The van der Waals surface area contributed by atoms with Gasteiger partial charge in [-0.25, -0.2) is 5.43 Å². The van der Waals surface area contributed by atoms with Gasteiger partial charge in [-0.2, -0.15) is 5.10 Å². The Balaban J connectivity index is 1.90. The number of nitrogens with one attached hydrogen (secondary N) is 1. The van der Waals surface area contributed by atoms with E-state index >= 15 is 0 Å². The molecule has 1 amide bonds. The summed E-state index contributed by atoms with van der Waals surface area (Å²) in [4.78, 5) is 11.8. The lowest BCUT2D eigenvalue weighted by Gasteiger charge is -2.04. The molecular weight excluding hydrogens is 300 g/mol. The van der Waals surface area contributed by atoms with Crippen molar-refractivity contribution >= 4 is 23.7 Å². The van der Waals surface area contributed by atoms with Crippen molar-refractivity contribution in [2.24, 2.45) is 5.10 Å². The molecule has 0 unspecified atom stereocenters. The van der Waals surface area contributed by atoms with Gasteiger partial charge in [0.1, 0.15) is 5.75 Å². The van der Waals surface area contributed by atoms with Gasteiger partial charge in [0.25, 0.3) is 0 Å². The lowest BCUT2D eigenvalue weighted by Crippen LogP contribution is -2.19. The zero-order valence-corrected chi connectivity index (χ0v) is 13.2. The van der Waals surface area contributed by atoms with Crippen LogP contribution in [0.2, 0.25) is 5.02 Å². The molecule has 0 heterocycles. The smallest absolute Gasteiger partial charge is 0.244 e. The summed E-state index contributed by atoms with van der Waals surface area (Å²) in [7, 11) is 1.63. The predicted molar refractivity (Wildman–Crippen MR) is 88.6 cm³/mol. The lowest BCUT2D eigenvalue weighted by atomic mass is 10.1. The molecule has 0 saturated heterocycles. The number of hydrogen-bond donors (Lipinski definition) is 1. The molecule has 4 nitrogen and oxygen atoms in total. The van der Waals surface area contributed by atoms with Crippen molar-refractivity contribution < 1.29 is 9.53 Å². The normalized spacial score (nSPS) is 10.7. The maximum atomic E-state index is 11.8. The van der Waals surface area contributed by atoms with Gasteiger partial charge in [0.05, 0.1) is 19.7 Å². The standard InChI is InChI=1S/C17H17ClN2O2/c1-12-9-14(5-8-16(12)22-2)11-19-20-17(21)10-13-3-6-15(18)7-4-13/h3-9,11H,10H2,1-2H3,(H,20,21). The minimum Gasteiger partial charge on any atom is -0.496 e. The predicted octanol–water partition coefficient (Wildman–Crippen LogP) is 3.35. The van der Waals surface area contributed by atoms with Crippen LogP contribution in [0.5, 0.6) is 5.75 Å². The van der Waals surface area contributed by atoms with Gasteiger partial charge in [0, 0.05) is 5.02 Å². The molecule has 5 heteroatoms.